The van der Waals surface area contributed by atoms with Gasteiger partial charge in [0.2, 0.25) is 0 Å². The highest BCUT2D eigenvalue weighted by molar-refractivity contribution is 5.70. The van der Waals surface area contributed by atoms with E-state index in [0.29, 0.717) is 12.8 Å². The van der Waals surface area contributed by atoms with E-state index >= 15 is 0 Å². The number of ether oxygens (including phenoxy) is 2. The van der Waals surface area contributed by atoms with Gasteiger partial charge in [-0.25, -0.2) is 0 Å². The van der Waals surface area contributed by atoms with E-state index in [1.54, 1.807) is 0 Å². The van der Waals surface area contributed by atoms with Crippen LogP contribution in [-0.4, -0.2) is 36.4 Å². The van der Waals surface area contributed by atoms with Crippen LogP contribution in [0.25, 0.3) is 0 Å². The van der Waals surface area contributed by atoms with E-state index < -0.39 is 6.10 Å². The average molecular weight is 829 g/mol. The van der Waals surface area contributed by atoms with Gasteiger partial charge >= 0.3 is 11.9 Å². The molecule has 1 N–H and O–H groups in total. The second-order valence-corrected chi connectivity index (χ2v) is 17.6. The van der Waals surface area contributed by atoms with Crippen molar-refractivity contribution in [2.45, 2.75) is 283 Å². The summed E-state index contributed by atoms with van der Waals surface area (Å²) in [6, 6.07) is 0. The van der Waals surface area contributed by atoms with Gasteiger partial charge in [-0.1, -0.05) is 249 Å². The number of hydrogen-bond donors (Lipinski definition) is 1. The van der Waals surface area contributed by atoms with E-state index in [4.69, 9.17) is 9.47 Å². The van der Waals surface area contributed by atoms with Crippen LogP contribution < -0.4 is 0 Å². The molecule has 59 heavy (non-hydrogen) atoms. The molecule has 0 aromatic rings. The largest absolute Gasteiger partial charge is 0.462 e. The number of carbonyl (C=O) groups excluding carboxylic acids is 2. The van der Waals surface area contributed by atoms with Crippen molar-refractivity contribution in [2.24, 2.45) is 0 Å². The lowest BCUT2D eigenvalue weighted by molar-refractivity contribution is -0.161. The smallest absolute Gasteiger partial charge is 0.306 e. The van der Waals surface area contributed by atoms with Crippen LogP contribution in [0.5, 0.6) is 0 Å². The lowest BCUT2D eigenvalue weighted by Crippen LogP contribution is -2.28. The molecule has 0 heterocycles. The Hall–Kier alpha value is -1.88. The summed E-state index contributed by atoms with van der Waals surface area (Å²) in [4.78, 5) is 24.4. The third-order valence-electron chi connectivity index (χ3n) is 11.7. The molecule has 0 rings (SSSR count). The molecule has 0 fully saturated rings. The Morgan fingerprint density at radius 2 is 0.678 bits per heavy atom. The van der Waals surface area contributed by atoms with E-state index in [9.17, 15) is 14.7 Å². The first-order chi connectivity index (χ1) is 29.1. The SMILES string of the molecule is CCCCCCC/C=C\C/C=C\C/C=C\CCCCCCCCCCCCCCCCCCCCC(=O)OC(CO)COC(=O)CCCCCCCCCCCCCC. The highest BCUT2D eigenvalue weighted by Crippen LogP contribution is 2.16. The number of aliphatic hydroxyl groups excluding tert-OH is 1. The molecule has 1 unspecified atom stereocenters. The Bertz CT molecular complexity index is 939. The molecule has 5 nitrogen and oxygen atoms in total. The van der Waals surface area contributed by atoms with Gasteiger partial charge in [-0.3, -0.25) is 9.59 Å². The third kappa shape index (κ3) is 48.7. The molecule has 0 saturated carbocycles. The number of unbranched alkanes of at least 4 members (excludes halogenated alkanes) is 34. The van der Waals surface area contributed by atoms with Crippen molar-refractivity contribution in [3.63, 3.8) is 0 Å². The van der Waals surface area contributed by atoms with Gasteiger partial charge in [-0.05, 0) is 51.4 Å². The van der Waals surface area contributed by atoms with Gasteiger partial charge in [0.25, 0.3) is 0 Å². The molecular formula is C54H100O5. The quantitative estimate of drug-likeness (QED) is 0.0376. The summed E-state index contributed by atoms with van der Waals surface area (Å²) in [5.41, 5.74) is 0. The van der Waals surface area contributed by atoms with Crippen LogP contribution in [0, 0.1) is 0 Å². The Morgan fingerprint density at radius 3 is 1.02 bits per heavy atom. The molecule has 0 aromatic carbocycles. The maximum Gasteiger partial charge on any atom is 0.306 e. The summed E-state index contributed by atoms with van der Waals surface area (Å²) >= 11 is 0. The Morgan fingerprint density at radius 1 is 0.390 bits per heavy atom. The van der Waals surface area contributed by atoms with Crippen LogP contribution in [0.2, 0.25) is 0 Å². The van der Waals surface area contributed by atoms with Crippen LogP contribution in [0.3, 0.4) is 0 Å². The van der Waals surface area contributed by atoms with E-state index in [-0.39, 0.29) is 25.2 Å². The van der Waals surface area contributed by atoms with Gasteiger partial charge in [-0.2, -0.15) is 0 Å². The lowest BCUT2D eigenvalue weighted by Gasteiger charge is -2.15. The summed E-state index contributed by atoms with van der Waals surface area (Å²) in [6.45, 7) is 4.15. The molecule has 0 radical (unpaired) electrons. The second-order valence-electron chi connectivity index (χ2n) is 17.6. The lowest BCUT2D eigenvalue weighted by atomic mass is 10.0. The van der Waals surface area contributed by atoms with Gasteiger partial charge in [0.15, 0.2) is 6.10 Å². The van der Waals surface area contributed by atoms with E-state index in [0.717, 1.165) is 51.4 Å². The molecule has 0 bridgehead atoms. The minimum Gasteiger partial charge on any atom is -0.462 e. The molecule has 0 saturated heterocycles. The second kappa shape index (κ2) is 50.5. The predicted octanol–water partition coefficient (Wildman–Crippen LogP) is 17.1. The highest BCUT2D eigenvalue weighted by atomic mass is 16.6. The maximum absolute atomic E-state index is 12.2. The van der Waals surface area contributed by atoms with Crippen molar-refractivity contribution in [3.8, 4) is 0 Å². The zero-order valence-electron chi connectivity index (χ0n) is 39.5. The zero-order valence-corrected chi connectivity index (χ0v) is 39.5. The van der Waals surface area contributed by atoms with Gasteiger partial charge in [0, 0.05) is 12.8 Å². The van der Waals surface area contributed by atoms with Crippen LogP contribution >= 0.6 is 0 Å². The third-order valence-corrected chi connectivity index (χ3v) is 11.7. The van der Waals surface area contributed by atoms with E-state index in [1.807, 2.05) is 0 Å². The fourth-order valence-electron chi connectivity index (χ4n) is 7.74. The highest BCUT2D eigenvalue weighted by Gasteiger charge is 2.16. The summed E-state index contributed by atoms with van der Waals surface area (Å²) in [5.74, 6) is -0.578. The van der Waals surface area contributed by atoms with Crippen molar-refractivity contribution in [3.05, 3.63) is 36.5 Å². The predicted molar refractivity (Wildman–Crippen MR) is 256 cm³/mol. The molecule has 0 amide bonds. The fourth-order valence-corrected chi connectivity index (χ4v) is 7.74. The number of hydrogen-bond acceptors (Lipinski definition) is 5. The first-order valence-corrected chi connectivity index (χ1v) is 26.0. The van der Waals surface area contributed by atoms with E-state index in [1.165, 1.54) is 199 Å². The molecule has 346 valence electrons. The van der Waals surface area contributed by atoms with Crippen molar-refractivity contribution < 1.29 is 24.2 Å². The van der Waals surface area contributed by atoms with Crippen LogP contribution in [-0.2, 0) is 19.1 Å². The van der Waals surface area contributed by atoms with Gasteiger partial charge in [0.05, 0.1) is 6.61 Å². The van der Waals surface area contributed by atoms with Gasteiger partial charge in [0.1, 0.15) is 6.61 Å². The summed E-state index contributed by atoms with van der Waals surface area (Å²) < 4.78 is 10.7. The molecular weight excluding hydrogens is 729 g/mol. The standard InChI is InChI=1S/C54H100O5/c1-3-5-7-9-11-13-15-17-18-19-20-21-22-23-24-25-26-27-28-29-30-31-32-33-34-35-36-37-39-41-43-45-47-49-54(57)59-52(50-55)51-58-53(56)48-46-44-42-40-38-16-14-12-10-8-6-4-2/h15,17,19-20,22-23,52,55H,3-14,16,18,21,24-51H2,1-2H3/b17-15-,20-19-,23-22-. The molecule has 0 spiro atoms. The van der Waals surface area contributed by atoms with Crippen molar-refractivity contribution in [2.75, 3.05) is 13.2 Å². The number of rotatable bonds is 48. The zero-order chi connectivity index (χ0) is 42.8. The van der Waals surface area contributed by atoms with Crippen LogP contribution in [0.4, 0.5) is 0 Å². The molecule has 0 aliphatic heterocycles. The Balaban J connectivity index is 3.42. The van der Waals surface area contributed by atoms with E-state index in [2.05, 4.69) is 50.3 Å². The minimum absolute atomic E-state index is 0.0603. The Kier molecular flexibility index (Phi) is 48.9. The molecule has 0 aliphatic carbocycles. The average Bonchev–Trinajstić information content (AvgIpc) is 3.24. The Labute approximate surface area is 367 Å². The summed E-state index contributed by atoms with van der Waals surface area (Å²) in [5, 5.41) is 9.60. The first-order valence-electron chi connectivity index (χ1n) is 26.0. The number of carbonyl (C=O) groups is 2. The van der Waals surface area contributed by atoms with Gasteiger partial charge in [-0.15, -0.1) is 0 Å². The van der Waals surface area contributed by atoms with Crippen LogP contribution in [0.1, 0.15) is 277 Å². The fraction of sp³-hybridized carbons (Fsp3) is 0.852. The summed E-state index contributed by atoms with van der Waals surface area (Å²) in [7, 11) is 0. The topological polar surface area (TPSA) is 72.8 Å². The van der Waals surface area contributed by atoms with Crippen molar-refractivity contribution in [1.82, 2.24) is 0 Å². The van der Waals surface area contributed by atoms with Crippen molar-refractivity contribution >= 4 is 11.9 Å². The first kappa shape index (κ1) is 57.1. The molecule has 1 atom stereocenters. The minimum atomic E-state index is -0.766. The normalized spacial score (nSPS) is 12.4. The number of aliphatic hydroxyl groups is 1. The maximum atomic E-state index is 12.2. The van der Waals surface area contributed by atoms with Crippen molar-refractivity contribution in [1.29, 1.82) is 0 Å². The molecule has 0 aromatic heterocycles. The number of allylic oxidation sites excluding steroid dienone is 6. The van der Waals surface area contributed by atoms with Gasteiger partial charge < -0.3 is 14.6 Å². The molecule has 5 heteroatoms. The van der Waals surface area contributed by atoms with Crippen LogP contribution in [0.15, 0.2) is 36.5 Å². The monoisotopic (exact) mass is 829 g/mol. The number of esters is 2. The molecule has 0 aliphatic rings. The summed E-state index contributed by atoms with van der Waals surface area (Å²) in [6.07, 6.45) is 64.0.